The predicted molar refractivity (Wildman–Crippen MR) is 92.9 cm³/mol. The van der Waals surface area contributed by atoms with Crippen molar-refractivity contribution >= 4 is 11.3 Å². The summed E-state index contributed by atoms with van der Waals surface area (Å²) in [6, 6.07) is 2.03. The number of pyridine rings is 1. The van der Waals surface area contributed by atoms with Gasteiger partial charge in [0.15, 0.2) is 0 Å². The summed E-state index contributed by atoms with van der Waals surface area (Å²) in [7, 11) is 0. The molecule has 6 heteroatoms. The fraction of sp³-hybridized carbons (Fsp3) is 0.556. The van der Waals surface area contributed by atoms with Gasteiger partial charge in [0.2, 0.25) is 0 Å². The second-order valence-electron chi connectivity index (χ2n) is 6.83. The van der Waals surface area contributed by atoms with Crippen LogP contribution in [-0.2, 0) is 22.6 Å². The van der Waals surface area contributed by atoms with Gasteiger partial charge in [0.25, 0.3) is 0 Å². The van der Waals surface area contributed by atoms with Crippen LogP contribution >= 0.6 is 11.3 Å². The highest BCUT2D eigenvalue weighted by Crippen LogP contribution is 2.36. The minimum Gasteiger partial charge on any atom is -0.373 e. The van der Waals surface area contributed by atoms with Crippen molar-refractivity contribution in [1.82, 2.24) is 14.9 Å². The van der Waals surface area contributed by atoms with Gasteiger partial charge in [0, 0.05) is 50.1 Å². The first-order valence-electron chi connectivity index (χ1n) is 8.48. The molecule has 0 N–H and O–H groups in total. The Hall–Kier alpha value is -1.34. The number of rotatable bonds is 5. The first-order chi connectivity index (χ1) is 11.7. The van der Waals surface area contributed by atoms with Gasteiger partial charge in [-0.15, -0.1) is 11.3 Å². The van der Waals surface area contributed by atoms with Gasteiger partial charge in [-0.25, -0.2) is 4.98 Å². The Bertz CT molecular complexity index is 671. The van der Waals surface area contributed by atoms with Gasteiger partial charge in [-0.2, -0.15) is 0 Å². The summed E-state index contributed by atoms with van der Waals surface area (Å²) in [4.78, 5) is 11.0. The Morgan fingerprint density at radius 3 is 3.12 bits per heavy atom. The summed E-state index contributed by atoms with van der Waals surface area (Å²) in [5, 5.41) is 3.22. The molecule has 4 rings (SSSR count). The third-order valence-electron chi connectivity index (χ3n) is 4.94. The van der Waals surface area contributed by atoms with E-state index in [1.165, 1.54) is 16.1 Å². The van der Waals surface area contributed by atoms with Crippen molar-refractivity contribution in [3.05, 3.63) is 46.2 Å². The van der Waals surface area contributed by atoms with Gasteiger partial charge in [-0.1, -0.05) is 0 Å². The zero-order chi connectivity index (χ0) is 16.4. The minimum atomic E-state index is -0.00976. The molecule has 2 aromatic rings. The van der Waals surface area contributed by atoms with Crippen LogP contribution in [0.2, 0.25) is 0 Å². The third-order valence-corrected chi connectivity index (χ3v) is 5.70. The van der Waals surface area contributed by atoms with Gasteiger partial charge in [-0.05, 0) is 30.5 Å². The average molecular weight is 345 g/mol. The number of thiazole rings is 1. The van der Waals surface area contributed by atoms with E-state index in [2.05, 4.69) is 21.8 Å². The molecule has 0 radical (unpaired) electrons. The molecule has 0 aliphatic carbocycles. The normalized spacial score (nSPS) is 23.3. The Morgan fingerprint density at radius 2 is 2.33 bits per heavy atom. The standard InChI is InChI=1S/C18H23N3O2S/c1-14-2-4-19-9-15(14)11-22-16-3-6-23-18(8-16)12-21(13-18)10-17-20-5-7-24-17/h2,4-5,7,9,16H,3,6,8,10-13H2,1H3. The van der Waals surface area contributed by atoms with Gasteiger partial charge in [0.1, 0.15) is 5.01 Å². The van der Waals surface area contributed by atoms with Crippen molar-refractivity contribution in [2.45, 2.75) is 44.6 Å². The summed E-state index contributed by atoms with van der Waals surface area (Å²) < 4.78 is 12.3. The highest BCUT2D eigenvalue weighted by Gasteiger charge is 2.47. The molecule has 1 unspecified atom stereocenters. The molecule has 0 saturated carbocycles. The lowest BCUT2D eigenvalue weighted by Gasteiger charge is -2.53. The Balaban J connectivity index is 1.28. The van der Waals surface area contributed by atoms with E-state index < -0.39 is 0 Å². The van der Waals surface area contributed by atoms with Crippen molar-refractivity contribution in [1.29, 1.82) is 0 Å². The average Bonchev–Trinajstić information content (AvgIpc) is 3.06. The molecular weight excluding hydrogens is 322 g/mol. The monoisotopic (exact) mass is 345 g/mol. The number of nitrogens with zero attached hydrogens (tertiary/aromatic N) is 3. The smallest absolute Gasteiger partial charge is 0.107 e. The van der Waals surface area contributed by atoms with Crippen molar-refractivity contribution in [2.24, 2.45) is 0 Å². The lowest BCUT2D eigenvalue weighted by Crippen LogP contribution is -2.65. The quantitative estimate of drug-likeness (QED) is 0.834. The lowest BCUT2D eigenvalue weighted by molar-refractivity contribution is -0.200. The van der Waals surface area contributed by atoms with Crippen LogP contribution in [0.5, 0.6) is 0 Å². The van der Waals surface area contributed by atoms with E-state index in [4.69, 9.17) is 9.47 Å². The van der Waals surface area contributed by atoms with E-state index in [0.29, 0.717) is 6.61 Å². The van der Waals surface area contributed by atoms with Gasteiger partial charge < -0.3 is 9.47 Å². The Morgan fingerprint density at radius 1 is 1.42 bits per heavy atom. The SMILES string of the molecule is Cc1ccncc1COC1CCOC2(C1)CN(Cc1nccs1)C2. The van der Waals surface area contributed by atoms with Crippen molar-refractivity contribution in [2.75, 3.05) is 19.7 Å². The molecule has 1 spiro atoms. The van der Waals surface area contributed by atoms with Gasteiger partial charge in [-0.3, -0.25) is 9.88 Å². The van der Waals surface area contributed by atoms with Crippen LogP contribution in [-0.4, -0.2) is 46.3 Å². The molecule has 0 bridgehead atoms. The molecule has 24 heavy (non-hydrogen) atoms. The van der Waals surface area contributed by atoms with Crippen LogP contribution in [0.15, 0.2) is 30.0 Å². The second kappa shape index (κ2) is 6.88. The molecular formula is C18H23N3O2S. The Kier molecular flexibility index (Phi) is 4.63. The van der Waals surface area contributed by atoms with E-state index in [-0.39, 0.29) is 11.7 Å². The van der Waals surface area contributed by atoms with E-state index in [1.807, 2.05) is 30.0 Å². The summed E-state index contributed by atoms with van der Waals surface area (Å²) in [5.74, 6) is 0. The molecule has 2 aromatic heterocycles. The topological polar surface area (TPSA) is 47.5 Å². The van der Waals surface area contributed by atoms with E-state index in [1.54, 1.807) is 11.3 Å². The molecule has 128 valence electrons. The van der Waals surface area contributed by atoms with Crippen LogP contribution in [0.3, 0.4) is 0 Å². The van der Waals surface area contributed by atoms with Crippen LogP contribution < -0.4 is 0 Å². The summed E-state index contributed by atoms with van der Waals surface area (Å²) in [5.41, 5.74) is 2.41. The fourth-order valence-corrected chi connectivity index (χ4v) is 4.26. The van der Waals surface area contributed by atoms with Crippen molar-refractivity contribution in [3.63, 3.8) is 0 Å². The first kappa shape index (κ1) is 16.1. The zero-order valence-corrected chi connectivity index (χ0v) is 14.8. The molecule has 4 heterocycles. The van der Waals surface area contributed by atoms with Gasteiger partial charge in [0.05, 0.1) is 24.9 Å². The van der Waals surface area contributed by atoms with Gasteiger partial charge >= 0.3 is 0 Å². The van der Waals surface area contributed by atoms with E-state index >= 15 is 0 Å². The molecule has 1 atom stereocenters. The maximum Gasteiger partial charge on any atom is 0.107 e. The number of likely N-dealkylation sites (tertiary alicyclic amines) is 1. The lowest BCUT2D eigenvalue weighted by atomic mass is 9.84. The molecule has 2 aliphatic heterocycles. The summed E-state index contributed by atoms with van der Waals surface area (Å²) in [6.45, 7) is 6.44. The molecule has 2 aliphatic rings. The number of hydrogen-bond donors (Lipinski definition) is 0. The highest BCUT2D eigenvalue weighted by molar-refractivity contribution is 7.09. The molecule has 0 aromatic carbocycles. The van der Waals surface area contributed by atoms with Crippen molar-refractivity contribution in [3.8, 4) is 0 Å². The third kappa shape index (κ3) is 3.52. The van der Waals surface area contributed by atoms with E-state index in [0.717, 1.165) is 39.1 Å². The maximum absolute atomic E-state index is 6.17. The largest absolute Gasteiger partial charge is 0.373 e. The molecule has 2 saturated heterocycles. The van der Waals surface area contributed by atoms with Crippen LogP contribution in [0.25, 0.3) is 0 Å². The van der Waals surface area contributed by atoms with E-state index in [9.17, 15) is 0 Å². The Labute approximate surface area is 146 Å². The first-order valence-corrected chi connectivity index (χ1v) is 9.36. The maximum atomic E-state index is 6.17. The van der Waals surface area contributed by atoms with Crippen LogP contribution in [0.4, 0.5) is 0 Å². The zero-order valence-electron chi connectivity index (χ0n) is 14.0. The van der Waals surface area contributed by atoms with Crippen molar-refractivity contribution < 1.29 is 9.47 Å². The number of aromatic nitrogens is 2. The number of hydrogen-bond acceptors (Lipinski definition) is 6. The molecule has 5 nitrogen and oxygen atoms in total. The highest BCUT2D eigenvalue weighted by atomic mass is 32.1. The predicted octanol–water partition coefficient (Wildman–Crippen LogP) is 2.80. The fourth-order valence-electron chi connectivity index (χ4n) is 3.60. The second-order valence-corrected chi connectivity index (χ2v) is 7.81. The van der Waals surface area contributed by atoms with Crippen LogP contribution in [0, 0.1) is 6.92 Å². The summed E-state index contributed by atoms with van der Waals surface area (Å²) >= 11 is 1.72. The minimum absolute atomic E-state index is 0.00976. The summed E-state index contributed by atoms with van der Waals surface area (Å²) in [6.07, 6.45) is 7.85. The van der Waals surface area contributed by atoms with Crippen LogP contribution in [0.1, 0.15) is 29.0 Å². The number of aryl methyl sites for hydroxylation is 1. The molecule has 2 fully saturated rings. The molecule has 0 amide bonds. The number of ether oxygens (including phenoxy) is 2.